The van der Waals surface area contributed by atoms with E-state index in [-0.39, 0.29) is 16.8 Å². The summed E-state index contributed by atoms with van der Waals surface area (Å²) in [6.07, 6.45) is 3.21. The Morgan fingerprint density at radius 3 is 2.71 bits per heavy atom. The number of unbranched alkanes of at least 4 members (excludes halogenated alkanes) is 2. The summed E-state index contributed by atoms with van der Waals surface area (Å²) in [5.74, 6) is -0.186. The van der Waals surface area contributed by atoms with E-state index in [4.69, 9.17) is 23.2 Å². The van der Waals surface area contributed by atoms with E-state index in [9.17, 15) is 4.79 Å². The van der Waals surface area contributed by atoms with E-state index in [0.717, 1.165) is 19.3 Å². The number of hydrogen-bond donors (Lipinski definition) is 0. The Balaban J connectivity index is 2.71. The maximum absolute atomic E-state index is 12.0. The molecule has 1 amide bonds. The molecule has 0 aliphatic carbocycles. The standard InChI is InChI=1S/C12H16Cl2N2O/c1-3-4-5-8-16(2)12(17)11-9(13)6-7-10(14)15-11/h6-7H,3-5,8H2,1-2H3. The summed E-state index contributed by atoms with van der Waals surface area (Å²) >= 11 is 11.7. The van der Waals surface area contributed by atoms with Crippen LogP contribution in [-0.2, 0) is 0 Å². The number of aromatic nitrogens is 1. The van der Waals surface area contributed by atoms with Crippen LogP contribution in [0.3, 0.4) is 0 Å². The molecule has 94 valence electrons. The van der Waals surface area contributed by atoms with Gasteiger partial charge < -0.3 is 4.90 Å². The van der Waals surface area contributed by atoms with Crippen molar-refractivity contribution in [3.63, 3.8) is 0 Å². The summed E-state index contributed by atoms with van der Waals surface area (Å²) in [7, 11) is 1.75. The van der Waals surface area contributed by atoms with Gasteiger partial charge in [-0.1, -0.05) is 43.0 Å². The third-order valence-electron chi connectivity index (χ3n) is 2.46. The van der Waals surface area contributed by atoms with Gasteiger partial charge in [0.2, 0.25) is 0 Å². The molecule has 0 saturated heterocycles. The number of pyridine rings is 1. The van der Waals surface area contributed by atoms with Crippen molar-refractivity contribution in [1.29, 1.82) is 0 Å². The SMILES string of the molecule is CCCCCN(C)C(=O)c1nc(Cl)ccc1Cl. The fourth-order valence-corrected chi connectivity index (χ4v) is 1.78. The maximum atomic E-state index is 12.0. The van der Waals surface area contributed by atoms with Gasteiger partial charge in [-0.05, 0) is 18.6 Å². The number of carbonyl (C=O) groups is 1. The molecule has 0 fully saturated rings. The lowest BCUT2D eigenvalue weighted by molar-refractivity contribution is 0.0787. The molecule has 0 bridgehead atoms. The molecule has 1 aromatic heterocycles. The number of hydrogen-bond acceptors (Lipinski definition) is 2. The third-order valence-corrected chi connectivity index (χ3v) is 2.97. The van der Waals surface area contributed by atoms with Crippen LogP contribution in [0.15, 0.2) is 12.1 Å². The molecule has 3 nitrogen and oxygen atoms in total. The summed E-state index contributed by atoms with van der Waals surface area (Å²) in [6.45, 7) is 2.83. The summed E-state index contributed by atoms with van der Waals surface area (Å²) in [5, 5.41) is 0.612. The van der Waals surface area contributed by atoms with Crippen molar-refractivity contribution >= 4 is 29.1 Å². The van der Waals surface area contributed by atoms with E-state index in [1.165, 1.54) is 0 Å². The molecule has 0 N–H and O–H groups in total. The predicted octanol–water partition coefficient (Wildman–Crippen LogP) is 3.65. The average Bonchev–Trinajstić information content (AvgIpc) is 2.31. The van der Waals surface area contributed by atoms with Crippen molar-refractivity contribution in [2.75, 3.05) is 13.6 Å². The van der Waals surface area contributed by atoms with Crippen LogP contribution in [0.1, 0.15) is 36.7 Å². The van der Waals surface area contributed by atoms with Crippen LogP contribution < -0.4 is 0 Å². The molecule has 0 atom stereocenters. The molecule has 0 spiro atoms. The lowest BCUT2D eigenvalue weighted by atomic mass is 10.2. The zero-order valence-electron chi connectivity index (χ0n) is 10.0. The van der Waals surface area contributed by atoms with E-state index < -0.39 is 0 Å². The molecule has 5 heteroatoms. The van der Waals surface area contributed by atoms with Crippen molar-refractivity contribution < 1.29 is 4.79 Å². The van der Waals surface area contributed by atoms with E-state index in [2.05, 4.69) is 11.9 Å². The molecule has 0 aliphatic rings. The summed E-state index contributed by atoms with van der Waals surface area (Å²) in [6, 6.07) is 3.15. The van der Waals surface area contributed by atoms with Gasteiger partial charge >= 0.3 is 0 Å². The van der Waals surface area contributed by atoms with Crippen LogP contribution in [0.25, 0.3) is 0 Å². The Bertz CT molecular complexity index is 396. The van der Waals surface area contributed by atoms with Crippen LogP contribution in [0.2, 0.25) is 10.2 Å². The molecule has 0 radical (unpaired) electrons. The quantitative estimate of drug-likeness (QED) is 0.607. The smallest absolute Gasteiger partial charge is 0.273 e. The van der Waals surface area contributed by atoms with Gasteiger partial charge in [-0.3, -0.25) is 4.79 Å². The van der Waals surface area contributed by atoms with Crippen molar-refractivity contribution in [3.8, 4) is 0 Å². The van der Waals surface area contributed by atoms with E-state index in [1.807, 2.05) is 0 Å². The second-order valence-electron chi connectivity index (χ2n) is 3.90. The maximum Gasteiger partial charge on any atom is 0.273 e. The Morgan fingerprint density at radius 1 is 1.35 bits per heavy atom. The first-order chi connectivity index (χ1) is 8.06. The molecule has 0 aromatic carbocycles. The molecule has 0 unspecified atom stereocenters. The van der Waals surface area contributed by atoms with Gasteiger partial charge in [0.05, 0.1) is 5.02 Å². The van der Waals surface area contributed by atoms with Gasteiger partial charge in [-0.2, -0.15) is 0 Å². The van der Waals surface area contributed by atoms with Gasteiger partial charge in [0.1, 0.15) is 10.8 Å². The number of nitrogens with zero attached hydrogens (tertiary/aromatic N) is 2. The van der Waals surface area contributed by atoms with E-state index in [1.54, 1.807) is 24.1 Å². The van der Waals surface area contributed by atoms with Gasteiger partial charge in [0, 0.05) is 13.6 Å². The summed E-state index contributed by atoms with van der Waals surface area (Å²) < 4.78 is 0. The Labute approximate surface area is 112 Å². The number of rotatable bonds is 5. The van der Waals surface area contributed by atoms with Crippen LogP contribution >= 0.6 is 23.2 Å². The minimum absolute atomic E-state index is 0.186. The molecule has 1 heterocycles. The Morgan fingerprint density at radius 2 is 2.06 bits per heavy atom. The Hall–Kier alpha value is -0.800. The minimum atomic E-state index is -0.186. The fraction of sp³-hybridized carbons (Fsp3) is 0.500. The normalized spacial score (nSPS) is 10.4. The van der Waals surface area contributed by atoms with E-state index in [0.29, 0.717) is 11.6 Å². The van der Waals surface area contributed by atoms with Crippen LogP contribution in [-0.4, -0.2) is 29.4 Å². The zero-order valence-corrected chi connectivity index (χ0v) is 11.6. The number of amides is 1. The predicted molar refractivity (Wildman–Crippen MR) is 70.7 cm³/mol. The molecule has 0 saturated carbocycles. The highest BCUT2D eigenvalue weighted by Crippen LogP contribution is 2.18. The van der Waals surface area contributed by atoms with Crippen LogP contribution in [0.4, 0.5) is 0 Å². The largest absolute Gasteiger partial charge is 0.340 e. The number of halogens is 2. The average molecular weight is 275 g/mol. The van der Waals surface area contributed by atoms with Crippen molar-refractivity contribution in [3.05, 3.63) is 28.0 Å². The fourth-order valence-electron chi connectivity index (χ4n) is 1.45. The third kappa shape index (κ3) is 4.17. The highest BCUT2D eigenvalue weighted by atomic mass is 35.5. The first-order valence-corrected chi connectivity index (χ1v) is 6.39. The van der Waals surface area contributed by atoms with Gasteiger partial charge in [0.15, 0.2) is 0 Å². The molecular weight excluding hydrogens is 259 g/mol. The summed E-state index contributed by atoms with van der Waals surface area (Å²) in [5.41, 5.74) is 0.221. The topological polar surface area (TPSA) is 33.2 Å². The minimum Gasteiger partial charge on any atom is -0.340 e. The van der Waals surface area contributed by atoms with Crippen molar-refractivity contribution in [2.24, 2.45) is 0 Å². The lowest BCUT2D eigenvalue weighted by Crippen LogP contribution is -2.28. The first-order valence-electron chi connectivity index (χ1n) is 5.63. The number of carbonyl (C=O) groups excluding carboxylic acids is 1. The van der Waals surface area contributed by atoms with Gasteiger partial charge in [-0.25, -0.2) is 4.98 Å². The van der Waals surface area contributed by atoms with Crippen molar-refractivity contribution in [1.82, 2.24) is 9.88 Å². The first kappa shape index (κ1) is 14.3. The van der Waals surface area contributed by atoms with Gasteiger partial charge in [-0.15, -0.1) is 0 Å². The second-order valence-corrected chi connectivity index (χ2v) is 4.69. The molecule has 1 aromatic rings. The molecule has 17 heavy (non-hydrogen) atoms. The van der Waals surface area contributed by atoms with Crippen LogP contribution in [0, 0.1) is 0 Å². The molecule has 0 aliphatic heterocycles. The summed E-state index contributed by atoms with van der Waals surface area (Å²) in [4.78, 5) is 17.6. The van der Waals surface area contributed by atoms with E-state index >= 15 is 0 Å². The second kappa shape index (κ2) is 6.82. The lowest BCUT2D eigenvalue weighted by Gasteiger charge is -2.17. The monoisotopic (exact) mass is 274 g/mol. The van der Waals surface area contributed by atoms with Crippen LogP contribution in [0.5, 0.6) is 0 Å². The zero-order chi connectivity index (χ0) is 12.8. The molecular formula is C12H16Cl2N2O. The van der Waals surface area contributed by atoms with Gasteiger partial charge in [0.25, 0.3) is 5.91 Å². The molecule has 1 rings (SSSR count). The Kier molecular flexibility index (Phi) is 5.72. The highest BCUT2D eigenvalue weighted by molar-refractivity contribution is 6.34. The van der Waals surface area contributed by atoms with Crippen molar-refractivity contribution in [2.45, 2.75) is 26.2 Å². The highest BCUT2D eigenvalue weighted by Gasteiger charge is 2.16.